The summed E-state index contributed by atoms with van der Waals surface area (Å²) in [5.41, 5.74) is 1.28. The summed E-state index contributed by atoms with van der Waals surface area (Å²) in [4.78, 5) is 9.30. The fourth-order valence-corrected chi connectivity index (χ4v) is 2.21. The van der Waals surface area contributed by atoms with Crippen LogP contribution >= 0.6 is 0 Å². The Morgan fingerprint density at radius 3 is 2.43 bits per heavy atom. The fraction of sp³-hybridized carbons (Fsp3) is 0.706. The Bertz CT molecular complexity index is 402. The van der Waals surface area contributed by atoms with E-state index in [4.69, 9.17) is 0 Å². The van der Waals surface area contributed by atoms with Crippen molar-refractivity contribution in [3.63, 3.8) is 0 Å². The van der Waals surface area contributed by atoms with Crippen LogP contribution in [0, 0.1) is 5.92 Å². The molecule has 1 N–H and O–H groups in total. The van der Waals surface area contributed by atoms with Crippen LogP contribution in [-0.2, 0) is 6.54 Å². The van der Waals surface area contributed by atoms with Crippen LogP contribution in [0.1, 0.15) is 33.3 Å². The van der Waals surface area contributed by atoms with Crippen LogP contribution in [0.5, 0.6) is 0 Å². The Kier molecular flexibility index (Phi) is 7.68. The maximum absolute atomic E-state index is 4.66. The third kappa shape index (κ3) is 6.91. The Morgan fingerprint density at radius 1 is 1.14 bits per heavy atom. The molecule has 4 heteroatoms. The average molecular weight is 292 g/mol. The minimum atomic E-state index is 0.485. The highest BCUT2D eigenvalue weighted by molar-refractivity contribution is 5.46. The van der Waals surface area contributed by atoms with Gasteiger partial charge in [0.05, 0.1) is 0 Å². The molecule has 0 aromatic carbocycles. The van der Waals surface area contributed by atoms with Crippen LogP contribution in [0.25, 0.3) is 0 Å². The van der Waals surface area contributed by atoms with Gasteiger partial charge in [0.25, 0.3) is 0 Å². The lowest BCUT2D eigenvalue weighted by Crippen LogP contribution is -2.36. The molecule has 0 spiro atoms. The number of hydrogen-bond donors (Lipinski definition) is 1. The van der Waals surface area contributed by atoms with Crippen molar-refractivity contribution in [3.8, 4) is 0 Å². The zero-order valence-electron chi connectivity index (χ0n) is 14.6. The second-order valence-corrected chi connectivity index (χ2v) is 6.66. The van der Waals surface area contributed by atoms with Gasteiger partial charge in [0.2, 0.25) is 0 Å². The third-order valence-corrected chi connectivity index (χ3v) is 3.27. The average Bonchev–Trinajstić information content (AvgIpc) is 2.41. The largest absolute Gasteiger partial charge is 0.355 e. The van der Waals surface area contributed by atoms with Gasteiger partial charge in [-0.25, -0.2) is 4.98 Å². The summed E-state index contributed by atoms with van der Waals surface area (Å²) in [5.74, 6) is 1.75. The zero-order valence-corrected chi connectivity index (χ0v) is 14.6. The van der Waals surface area contributed by atoms with Gasteiger partial charge < -0.3 is 15.1 Å². The SMILES string of the molecule is CC(C)CN(CCN(C)C)c1ncccc1CNC(C)C. The summed E-state index contributed by atoms with van der Waals surface area (Å²) in [7, 11) is 4.24. The number of aromatic nitrogens is 1. The van der Waals surface area contributed by atoms with Gasteiger partial charge in [-0.1, -0.05) is 33.8 Å². The van der Waals surface area contributed by atoms with Crippen molar-refractivity contribution >= 4 is 5.82 Å². The molecule has 0 atom stereocenters. The van der Waals surface area contributed by atoms with E-state index in [0.717, 1.165) is 32.0 Å². The number of likely N-dealkylation sites (N-methyl/N-ethyl adjacent to an activating group) is 1. The number of anilines is 1. The van der Waals surface area contributed by atoms with E-state index in [1.165, 1.54) is 5.56 Å². The summed E-state index contributed by atoms with van der Waals surface area (Å²) in [6.45, 7) is 12.8. The molecule has 4 nitrogen and oxygen atoms in total. The number of nitrogens with one attached hydrogen (secondary N) is 1. The van der Waals surface area contributed by atoms with Gasteiger partial charge in [0.1, 0.15) is 5.82 Å². The highest BCUT2D eigenvalue weighted by atomic mass is 15.2. The summed E-state index contributed by atoms with van der Waals surface area (Å²) < 4.78 is 0. The van der Waals surface area contributed by atoms with Crippen LogP contribution in [0.2, 0.25) is 0 Å². The third-order valence-electron chi connectivity index (χ3n) is 3.27. The Labute approximate surface area is 130 Å². The molecule has 0 aliphatic rings. The molecule has 21 heavy (non-hydrogen) atoms. The molecule has 0 amide bonds. The van der Waals surface area contributed by atoms with Crippen molar-refractivity contribution in [2.75, 3.05) is 38.6 Å². The number of pyridine rings is 1. The second-order valence-electron chi connectivity index (χ2n) is 6.66. The van der Waals surface area contributed by atoms with Crippen LogP contribution in [0.3, 0.4) is 0 Å². The highest BCUT2D eigenvalue weighted by Crippen LogP contribution is 2.18. The number of nitrogens with zero attached hydrogens (tertiary/aromatic N) is 3. The lowest BCUT2D eigenvalue weighted by molar-refractivity contribution is 0.408. The first-order valence-electron chi connectivity index (χ1n) is 7.97. The van der Waals surface area contributed by atoms with Crippen LogP contribution in [0.15, 0.2) is 18.3 Å². The van der Waals surface area contributed by atoms with Gasteiger partial charge in [-0.15, -0.1) is 0 Å². The molecule has 0 saturated heterocycles. The maximum Gasteiger partial charge on any atom is 0.133 e. The fourth-order valence-electron chi connectivity index (χ4n) is 2.21. The molecular weight excluding hydrogens is 260 g/mol. The Morgan fingerprint density at radius 2 is 1.86 bits per heavy atom. The van der Waals surface area contributed by atoms with E-state index >= 15 is 0 Å². The van der Waals surface area contributed by atoms with Crippen LogP contribution in [-0.4, -0.2) is 49.7 Å². The normalized spacial score (nSPS) is 11.7. The first kappa shape index (κ1) is 17.9. The van der Waals surface area contributed by atoms with E-state index in [0.29, 0.717) is 12.0 Å². The predicted molar refractivity (Wildman–Crippen MR) is 91.8 cm³/mol. The molecule has 1 heterocycles. The van der Waals surface area contributed by atoms with Gasteiger partial charge >= 0.3 is 0 Å². The molecule has 0 aliphatic heterocycles. The second kappa shape index (κ2) is 9.00. The molecule has 1 aromatic heterocycles. The number of hydrogen-bond acceptors (Lipinski definition) is 4. The molecule has 1 aromatic rings. The van der Waals surface area contributed by atoms with E-state index in [1.54, 1.807) is 0 Å². The van der Waals surface area contributed by atoms with E-state index < -0.39 is 0 Å². The predicted octanol–water partition coefficient (Wildman–Crippen LogP) is 2.60. The van der Waals surface area contributed by atoms with E-state index in [1.807, 2.05) is 12.3 Å². The summed E-state index contributed by atoms with van der Waals surface area (Å²) >= 11 is 0. The maximum atomic E-state index is 4.66. The molecule has 0 radical (unpaired) electrons. The quantitative estimate of drug-likeness (QED) is 0.758. The molecule has 0 saturated carbocycles. The molecule has 0 fully saturated rings. The number of rotatable bonds is 9. The summed E-state index contributed by atoms with van der Waals surface area (Å²) in [6, 6.07) is 4.69. The van der Waals surface area contributed by atoms with E-state index in [9.17, 15) is 0 Å². The lowest BCUT2D eigenvalue weighted by Gasteiger charge is -2.29. The van der Waals surface area contributed by atoms with Gasteiger partial charge in [-0.05, 0) is 26.1 Å². The van der Waals surface area contributed by atoms with Crippen molar-refractivity contribution in [2.24, 2.45) is 5.92 Å². The topological polar surface area (TPSA) is 31.4 Å². The van der Waals surface area contributed by atoms with Crippen molar-refractivity contribution in [1.82, 2.24) is 15.2 Å². The minimum Gasteiger partial charge on any atom is -0.355 e. The van der Waals surface area contributed by atoms with Gasteiger partial charge in [0, 0.05) is 44.0 Å². The molecule has 0 aliphatic carbocycles. The van der Waals surface area contributed by atoms with Gasteiger partial charge in [-0.2, -0.15) is 0 Å². The monoisotopic (exact) mass is 292 g/mol. The summed E-state index contributed by atoms with van der Waals surface area (Å²) in [6.07, 6.45) is 1.90. The minimum absolute atomic E-state index is 0.485. The van der Waals surface area contributed by atoms with Crippen LogP contribution < -0.4 is 10.2 Å². The Hall–Kier alpha value is -1.13. The van der Waals surface area contributed by atoms with Gasteiger partial charge in [-0.3, -0.25) is 0 Å². The lowest BCUT2D eigenvalue weighted by atomic mass is 10.1. The van der Waals surface area contributed by atoms with Crippen molar-refractivity contribution in [3.05, 3.63) is 23.9 Å². The highest BCUT2D eigenvalue weighted by Gasteiger charge is 2.14. The van der Waals surface area contributed by atoms with Crippen molar-refractivity contribution in [1.29, 1.82) is 0 Å². The van der Waals surface area contributed by atoms with Crippen molar-refractivity contribution in [2.45, 2.75) is 40.3 Å². The smallest absolute Gasteiger partial charge is 0.133 e. The van der Waals surface area contributed by atoms with Crippen molar-refractivity contribution < 1.29 is 0 Å². The Balaban J connectivity index is 2.88. The van der Waals surface area contributed by atoms with Crippen LogP contribution in [0.4, 0.5) is 5.82 Å². The van der Waals surface area contributed by atoms with Gasteiger partial charge in [0.15, 0.2) is 0 Å². The molecule has 0 unspecified atom stereocenters. The first-order valence-corrected chi connectivity index (χ1v) is 7.97. The molecule has 1 rings (SSSR count). The first-order chi connectivity index (χ1) is 9.90. The molecular formula is C17H32N4. The standard InChI is InChI=1S/C17H32N4/c1-14(2)13-21(11-10-20(5)6)17-16(8-7-9-18-17)12-19-15(3)4/h7-9,14-15,19H,10-13H2,1-6H3. The molecule has 0 bridgehead atoms. The molecule has 120 valence electrons. The van der Waals surface area contributed by atoms with E-state index in [-0.39, 0.29) is 0 Å². The summed E-state index contributed by atoms with van der Waals surface area (Å²) in [5, 5.41) is 3.50. The zero-order chi connectivity index (χ0) is 15.8. The van der Waals surface area contributed by atoms with E-state index in [2.05, 4.69) is 68.0 Å².